The molecular formula is C23H26N6O4. The number of nitrogens with one attached hydrogen (secondary N) is 1. The van der Waals surface area contributed by atoms with Gasteiger partial charge in [-0.1, -0.05) is 0 Å². The maximum atomic E-state index is 11.1. The van der Waals surface area contributed by atoms with E-state index in [0.29, 0.717) is 19.2 Å². The molecule has 10 heteroatoms. The zero-order chi connectivity index (χ0) is 22.6. The predicted octanol–water partition coefficient (Wildman–Crippen LogP) is 2.76. The van der Waals surface area contributed by atoms with Crippen LogP contribution in [0.2, 0.25) is 0 Å². The Hall–Kier alpha value is -3.53. The summed E-state index contributed by atoms with van der Waals surface area (Å²) >= 11 is 0. The van der Waals surface area contributed by atoms with Crippen molar-refractivity contribution in [1.29, 1.82) is 0 Å². The average molecular weight is 450 g/mol. The zero-order valence-electron chi connectivity index (χ0n) is 18.2. The van der Waals surface area contributed by atoms with E-state index in [1.807, 2.05) is 0 Å². The number of hydrogen-bond donors (Lipinski definition) is 2. The lowest BCUT2D eigenvalue weighted by Gasteiger charge is -2.31. The van der Waals surface area contributed by atoms with Crippen LogP contribution in [-0.4, -0.2) is 69.5 Å². The van der Waals surface area contributed by atoms with Gasteiger partial charge < -0.3 is 24.8 Å². The molecule has 2 aromatic heterocycles. The third kappa shape index (κ3) is 4.95. The molecule has 1 saturated carbocycles. The maximum Gasteiger partial charge on any atom is 0.354 e. The number of aromatic carboxylic acids is 1. The molecule has 0 unspecified atom stereocenters. The van der Waals surface area contributed by atoms with Crippen molar-refractivity contribution in [2.75, 3.05) is 36.5 Å². The summed E-state index contributed by atoms with van der Waals surface area (Å²) in [7, 11) is 0. The molecule has 0 amide bonds. The zero-order valence-corrected chi connectivity index (χ0v) is 18.2. The Morgan fingerprint density at radius 3 is 2.64 bits per heavy atom. The largest absolute Gasteiger partial charge is 0.488 e. The van der Waals surface area contributed by atoms with Crippen LogP contribution in [0.15, 0.2) is 36.8 Å². The Balaban J connectivity index is 1.26. The SMILES string of the molecule is O=C(O)c1ccnc(N[C@H]2CC[C@@H](Oc3cc(N4CCOCC4)cc4nccnc34)CC2)n1. The fourth-order valence-corrected chi connectivity index (χ4v) is 4.36. The number of anilines is 2. The fraction of sp³-hybridized carbons (Fsp3) is 0.435. The van der Waals surface area contributed by atoms with Gasteiger partial charge in [-0.3, -0.25) is 4.98 Å². The highest BCUT2D eigenvalue weighted by atomic mass is 16.5. The van der Waals surface area contributed by atoms with Crippen molar-refractivity contribution in [2.45, 2.75) is 37.8 Å². The molecule has 2 fully saturated rings. The first kappa shape index (κ1) is 21.3. The van der Waals surface area contributed by atoms with Gasteiger partial charge in [0.15, 0.2) is 5.69 Å². The lowest BCUT2D eigenvalue weighted by molar-refractivity contribution is 0.0690. The standard InChI is InChI=1S/C23H26N6O4/c30-22(31)18-5-6-26-23(28-18)27-15-1-3-17(4-2-15)33-20-14-16(29-9-11-32-12-10-29)13-19-21(20)25-8-7-24-19/h5-8,13-15,17H,1-4,9-12H2,(H,30,31)(H,26,27,28)/t15-,17+. The van der Waals surface area contributed by atoms with Crippen LogP contribution in [0.1, 0.15) is 36.2 Å². The van der Waals surface area contributed by atoms with Crippen LogP contribution < -0.4 is 15.0 Å². The van der Waals surface area contributed by atoms with Crippen LogP contribution in [0, 0.1) is 0 Å². The van der Waals surface area contributed by atoms with E-state index in [0.717, 1.165) is 61.2 Å². The van der Waals surface area contributed by atoms with Crippen LogP contribution >= 0.6 is 0 Å². The van der Waals surface area contributed by atoms with E-state index in [1.165, 1.54) is 12.3 Å². The Bertz CT molecular complexity index is 1130. The van der Waals surface area contributed by atoms with Crippen LogP contribution in [0.3, 0.4) is 0 Å². The van der Waals surface area contributed by atoms with E-state index < -0.39 is 5.97 Å². The quantitative estimate of drug-likeness (QED) is 0.579. The van der Waals surface area contributed by atoms with Gasteiger partial charge in [-0.25, -0.2) is 19.7 Å². The molecule has 10 nitrogen and oxygen atoms in total. The number of morpholine rings is 1. The maximum absolute atomic E-state index is 11.1. The molecule has 2 aliphatic rings. The highest BCUT2D eigenvalue weighted by molar-refractivity contribution is 5.86. The predicted molar refractivity (Wildman–Crippen MR) is 122 cm³/mol. The van der Waals surface area contributed by atoms with Crippen molar-refractivity contribution >= 4 is 28.6 Å². The van der Waals surface area contributed by atoms with Crippen LogP contribution in [0.25, 0.3) is 11.0 Å². The third-order valence-electron chi connectivity index (χ3n) is 6.08. The molecule has 0 spiro atoms. The number of rotatable bonds is 6. The van der Waals surface area contributed by atoms with E-state index in [4.69, 9.17) is 14.6 Å². The number of carbonyl (C=O) groups is 1. The van der Waals surface area contributed by atoms with E-state index >= 15 is 0 Å². The van der Waals surface area contributed by atoms with Crippen molar-refractivity contribution in [3.63, 3.8) is 0 Å². The summed E-state index contributed by atoms with van der Waals surface area (Å²) in [6.07, 6.45) is 8.39. The number of hydrogen-bond acceptors (Lipinski definition) is 9. The fourth-order valence-electron chi connectivity index (χ4n) is 4.36. The molecule has 0 bridgehead atoms. The van der Waals surface area contributed by atoms with Gasteiger partial charge in [0.2, 0.25) is 5.95 Å². The monoisotopic (exact) mass is 450 g/mol. The Labute approximate surface area is 191 Å². The number of ether oxygens (including phenoxy) is 2. The van der Waals surface area contributed by atoms with Crippen LogP contribution in [0.4, 0.5) is 11.6 Å². The van der Waals surface area contributed by atoms with Gasteiger partial charge in [0.05, 0.1) is 24.8 Å². The summed E-state index contributed by atoms with van der Waals surface area (Å²) in [5.41, 5.74) is 2.65. The second-order valence-corrected chi connectivity index (χ2v) is 8.27. The number of carboxylic acids is 1. The van der Waals surface area contributed by atoms with Crippen molar-refractivity contribution in [1.82, 2.24) is 19.9 Å². The summed E-state index contributed by atoms with van der Waals surface area (Å²) in [5, 5.41) is 12.4. The molecule has 33 heavy (non-hydrogen) atoms. The first-order chi connectivity index (χ1) is 16.2. The van der Waals surface area contributed by atoms with Gasteiger partial charge in [-0.05, 0) is 37.8 Å². The number of carboxylic acid groups (broad SMARTS) is 1. The first-order valence-corrected chi connectivity index (χ1v) is 11.2. The van der Waals surface area contributed by atoms with Crippen LogP contribution in [0.5, 0.6) is 5.75 Å². The van der Waals surface area contributed by atoms with E-state index in [2.05, 4.69) is 42.3 Å². The van der Waals surface area contributed by atoms with E-state index in [1.54, 1.807) is 12.4 Å². The van der Waals surface area contributed by atoms with Crippen molar-refractivity contribution in [3.05, 3.63) is 42.5 Å². The van der Waals surface area contributed by atoms with Gasteiger partial charge in [-0.2, -0.15) is 0 Å². The highest BCUT2D eigenvalue weighted by Crippen LogP contribution is 2.33. The number of nitrogens with zero attached hydrogens (tertiary/aromatic N) is 5. The molecule has 172 valence electrons. The molecule has 0 radical (unpaired) electrons. The molecule has 2 N–H and O–H groups in total. The lowest BCUT2D eigenvalue weighted by Crippen LogP contribution is -2.36. The third-order valence-corrected chi connectivity index (χ3v) is 6.08. The topological polar surface area (TPSA) is 123 Å². The van der Waals surface area contributed by atoms with Crippen LogP contribution in [-0.2, 0) is 4.74 Å². The summed E-state index contributed by atoms with van der Waals surface area (Å²) in [4.78, 5) is 30.6. The Morgan fingerprint density at radius 2 is 1.85 bits per heavy atom. The summed E-state index contributed by atoms with van der Waals surface area (Å²) in [6.45, 7) is 3.11. The molecule has 1 aliphatic heterocycles. The molecule has 1 aliphatic carbocycles. The van der Waals surface area contributed by atoms with Gasteiger partial charge in [0.25, 0.3) is 0 Å². The molecule has 1 aromatic carbocycles. The van der Waals surface area contributed by atoms with Gasteiger partial charge in [0.1, 0.15) is 11.3 Å². The molecular weight excluding hydrogens is 424 g/mol. The van der Waals surface area contributed by atoms with Gasteiger partial charge >= 0.3 is 5.97 Å². The molecule has 5 rings (SSSR count). The summed E-state index contributed by atoms with van der Waals surface area (Å²) in [5.74, 6) is 0.0435. The summed E-state index contributed by atoms with van der Waals surface area (Å²) in [6, 6.07) is 5.69. The molecule has 3 aromatic rings. The highest BCUT2D eigenvalue weighted by Gasteiger charge is 2.25. The number of aromatic nitrogens is 4. The minimum atomic E-state index is -1.06. The molecule has 0 atom stereocenters. The smallest absolute Gasteiger partial charge is 0.354 e. The van der Waals surface area contributed by atoms with E-state index in [-0.39, 0.29) is 17.8 Å². The lowest BCUT2D eigenvalue weighted by atomic mass is 9.93. The first-order valence-electron chi connectivity index (χ1n) is 11.2. The second kappa shape index (κ2) is 9.53. The average Bonchev–Trinajstić information content (AvgIpc) is 2.86. The summed E-state index contributed by atoms with van der Waals surface area (Å²) < 4.78 is 11.9. The molecule has 1 saturated heterocycles. The number of benzene rings is 1. The minimum Gasteiger partial charge on any atom is -0.488 e. The molecule has 3 heterocycles. The van der Waals surface area contributed by atoms with Crippen molar-refractivity contribution in [3.8, 4) is 5.75 Å². The minimum absolute atomic E-state index is 0.0161. The van der Waals surface area contributed by atoms with Crippen molar-refractivity contribution in [2.24, 2.45) is 0 Å². The van der Waals surface area contributed by atoms with Gasteiger partial charge in [0, 0.05) is 49.5 Å². The Morgan fingerprint density at radius 1 is 1.06 bits per heavy atom. The second-order valence-electron chi connectivity index (χ2n) is 8.27. The Kier molecular flexibility index (Phi) is 6.16. The number of fused-ring (bicyclic) bond motifs is 1. The van der Waals surface area contributed by atoms with Crippen molar-refractivity contribution < 1.29 is 19.4 Å². The normalized spacial score (nSPS) is 21.0. The van der Waals surface area contributed by atoms with Gasteiger partial charge in [-0.15, -0.1) is 0 Å². The van der Waals surface area contributed by atoms with E-state index in [9.17, 15) is 4.79 Å².